The molecule has 91 heavy (non-hydrogen) atoms. The van der Waals surface area contributed by atoms with Crippen molar-refractivity contribution in [3.8, 4) is 5.75 Å². The summed E-state index contributed by atoms with van der Waals surface area (Å²) in [6.07, 6.45) is -11.9. The van der Waals surface area contributed by atoms with Gasteiger partial charge in [-0.2, -0.15) is 52.7 Å². The monoisotopic (exact) mass is 1350 g/mol. The van der Waals surface area contributed by atoms with E-state index in [2.05, 4.69) is 35.9 Å². The van der Waals surface area contributed by atoms with E-state index in [1.54, 1.807) is 61.1 Å². The zero-order valence-corrected chi connectivity index (χ0v) is 53.2. The number of likely N-dealkylation sites (tertiary alicyclic amines) is 2. The number of anilines is 2. The molecule has 2 fully saturated rings. The quantitative estimate of drug-likeness (QED) is 0.0912. The van der Waals surface area contributed by atoms with Gasteiger partial charge in [0.05, 0.1) is 46.2 Å². The van der Waals surface area contributed by atoms with Gasteiger partial charge in [0, 0.05) is 61.7 Å². The van der Waals surface area contributed by atoms with Gasteiger partial charge in [-0.05, 0) is 167 Å². The Morgan fingerprint density at radius 3 is 1.08 bits per heavy atom. The lowest BCUT2D eigenvalue weighted by molar-refractivity contribution is -0.144. The van der Waals surface area contributed by atoms with Crippen molar-refractivity contribution in [3.05, 3.63) is 171 Å². The zero-order chi connectivity index (χ0) is 67.0. The standard InChI is InChI=1S/C33H38F6N4O3.C32H35BrF6N4O2/c1-6-25-16-26(17-27(14-21-10-8-7-9-11-21)43(25)30(44)46-31(2,3)4)42(29-40-18-28(45-5)19-41-29)20-22-12-23(32(34,35)36)15-24(13-22)33(37,38)39;1-5-25-15-26(16-27(13-20-9-7-6-8-10-20)43(25)29(44)45-30(2,3)4)42(28-40-17-24(33)18-41-28)19-21-11-22(31(34,35)36)14-23(12-21)32(37,38)39/h7-13,15,18-19,25-27H,6,14,16-17,20H2,1-5H3;6-12,14,17-18,25-27H,5,13,15-16,19H2,1-4H3/t2*25-,26+,27+/m11/s1. The van der Waals surface area contributed by atoms with Crippen LogP contribution in [0.4, 0.5) is 74.2 Å². The number of piperidine rings is 2. The van der Waals surface area contributed by atoms with Crippen molar-refractivity contribution in [2.24, 2.45) is 0 Å². The van der Waals surface area contributed by atoms with Crippen LogP contribution in [0, 0.1) is 0 Å². The van der Waals surface area contributed by atoms with Crippen molar-refractivity contribution in [1.82, 2.24) is 29.7 Å². The highest BCUT2D eigenvalue weighted by Gasteiger charge is 2.46. The van der Waals surface area contributed by atoms with Crippen molar-refractivity contribution in [1.29, 1.82) is 0 Å². The normalized spacial score (nSPS) is 19.2. The second-order valence-electron chi connectivity index (χ2n) is 24.5. The molecule has 2 aliphatic heterocycles. The SMILES string of the molecule is CC[C@@H]1C[C@H](N(Cc2cc(C(F)(F)F)cc(C(F)(F)F)c2)c2ncc(Br)cn2)C[C@H](Cc2ccccc2)N1C(=O)OC(C)(C)C.CC[C@@H]1C[C@H](N(Cc2cc(C(F)(F)F)cc(C(F)(F)F)c2)c2ncc(OC)cn2)C[C@H](Cc2ccccc2)N1C(=O)OC(C)(C)C. The first-order valence-electron chi connectivity index (χ1n) is 29.5. The molecule has 13 nitrogen and oxygen atoms in total. The fraction of sp³-hybridized carbons (Fsp3) is 0.477. The summed E-state index contributed by atoms with van der Waals surface area (Å²) in [5.74, 6) is 0.583. The van der Waals surface area contributed by atoms with Crippen molar-refractivity contribution < 1.29 is 76.5 Å². The molecule has 6 atom stereocenters. The summed E-state index contributed by atoms with van der Waals surface area (Å²) in [6.45, 7) is 13.8. The average Bonchev–Trinajstić information content (AvgIpc) is 0.824. The molecule has 494 valence electrons. The molecular weight excluding hydrogens is 1280 g/mol. The van der Waals surface area contributed by atoms with Crippen LogP contribution in [0.2, 0.25) is 0 Å². The van der Waals surface area contributed by atoms with Crippen molar-refractivity contribution in [3.63, 3.8) is 0 Å². The molecule has 2 aromatic heterocycles. The smallest absolute Gasteiger partial charge is 0.416 e. The topological polar surface area (TPSA) is 126 Å². The maximum absolute atomic E-state index is 13.8. The largest absolute Gasteiger partial charge is 0.494 e. The van der Waals surface area contributed by atoms with Gasteiger partial charge in [0.15, 0.2) is 5.75 Å². The molecule has 0 N–H and O–H groups in total. The lowest BCUT2D eigenvalue weighted by Crippen LogP contribution is -2.58. The van der Waals surface area contributed by atoms with Crippen LogP contribution in [0.25, 0.3) is 0 Å². The van der Waals surface area contributed by atoms with Gasteiger partial charge in [-0.15, -0.1) is 0 Å². The molecule has 2 aliphatic rings. The summed E-state index contributed by atoms with van der Waals surface area (Å²) in [5, 5.41) is 0. The predicted molar refractivity (Wildman–Crippen MR) is 322 cm³/mol. The molecule has 8 rings (SSSR count). The number of aromatic nitrogens is 4. The number of nitrogens with zero attached hydrogens (tertiary/aromatic N) is 8. The number of hydrogen-bond acceptors (Lipinski definition) is 11. The van der Waals surface area contributed by atoms with Gasteiger partial charge < -0.3 is 33.8 Å². The van der Waals surface area contributed by atoms with Crippen LogP contribution in [0.15, 0.2) is 126 Å². The van der Waals surface area contributed by atoms with Crippen LogP contribution in [0.5, 0.6) is 5.75 Å². The number of halogens is 13. The van der Waals surface area contributed by atoms with Gasteiger partial charge in [-0.25, -0.2) is 29.5 Å². The highest BCUT2D eigenvalue weighted by Crippen LogP contribution is 2.42. The van der Waals surface area contributed by atoms with E-state index in [1.807, 2.05) is 74.5 Å². The van der Waals surface area contributed by atoms with Crippen LogP contribution in [-0.2, 0) is 60.1 Å². The maximum Gasteiger partial charge on any atom is 0.416 e. The summed E-state index contributed by atoms with van der Waals surface area (Å²) in [7, 11) is 1.42. The first kappa shape index (κ1) is 71.1. The number of amides is 2. The summed E-state index contributed by atoms with van der Waals surface area (Å²) in [6, 6.07) is 19.8. The van der Waals surface area contributed by atoms with Crippen molar-refractivity contribution in [2.75, 3.05) is 16.9 Å². The Bertz CT molecular complexity index is 3280. The van der Waals surface area contributed by atoms with Gasteiger partial charge in [0.2, 0.25) is 11.9 Å². The molecule has 26 heteroatoms. The Balaban J connectivity index is 0.000000259. The molecule has 0 spiro atoms. The third-order valence-corrected chi connectivity index (χ3v) is 15.8. The highest BCUT2D eigenvalue weighted by atomic mass is 79.9. The lowest BCUT2D eigenvalue weighted by atomic mass is 9.86. The minimum Gasteiger partial charge on any atom is -0.494 e. The second-order valence-corrected chi connectivity index (χ2v) is 25.5. The molecule has 0 bridgehead atoms. The van der Waals surface area contributed by atoms with Crippen LogP contribution in [0.3, 0.4) is 0 Å². The Hall–Kier alpha value is -7.38. The molecule has 0 unspecified atom stereocenters. The third-order valence-electron chi connectivity index (χ3n) is 15.4. The molecule has 0 radical (unpaired) electrons. The van der Waals surface area contributed by atoms with E-state index < -0.39 is 94.5 Å². The summed E-state index contributed by atoms with van der Waals surface area (Å²) in [4.78, 5) is 51.4. The Morgan fingerprint density at radius 2 is 0.791 bits per heavy atom. The Labute approximate surface area is 529 Å². The van der Waals surface area contributed by atoms with Crippen molar-refractivity contribution in [2.45, 2.75) is 192 Å². The number of rotatable bonds is 15. The highest BCUT2D eigenvalue weighted by molar-refractivity contribution is 9.10. The van der Waals surface area contributed by atoms with E-state index in [0.717, 1.165) is 35.4 Å². The Kier molecular flexibility index (Phi) is 22.7. The van der Waals surface area contributed by atoms with Gasteiger partial charge in [-0.1, -0.05) is 74.5 Å². The number of ether oxygens (including phenoxy) is 3. The molecule has 2 saturated heterocycles. The fourth-order valence-corrected chi connectivity index (χ4v) is 11.7. The number of carbonyl (C=O) groups is 2. The number of alkyl halides is 12. The van der Waals surface area contributed by atoms with E-state index in [1.165, 1.54) is 31.9 Å². The first-order valence-corrected chi connectivity index (χ1v) is 30.3. The van der Waals surface area contributed by atoms with E-state index in [4.69, 9.17) is 14.2 Å². The molecule has 0 saturated carbocycles. The van der Waals surface area contributed by atoms with E-state index >= 15 is 0 Å². The predicted octanol–water partition coefficient (Wildman–Crippen LogP) is 17.4. The van der Waals surface area contributed by atoms with Crippen LogP contribution < -0.4 is 14.5 Å². The van der Waals surface area contributed by atoms with Gasteiger partial charge >= 0.3 is 36.9 Å². The van der Waals surface area contributed by atoms with Crippen LogP contribution >= 0.6 is 15.9 Å². The van der Waals surface area contributed by atoms with Gasteiger partial charge in [0.1, 0.15) is 11.2 Å². The van der Waals surface area contributed by atoms with E-state index in [9.17, 15) is 62.3 Å². The second kappa shape index (κ2) is 29.1. The van der Waals surface area contributed by atoms with Crippen LogP contribution in [0.1, 0.15) is 138 Å². The summed E-state index contributed by atoms with van der Waals surface area (Å²) < 4.78 is 182. The fourth-order valence-electron chi connectivity index (χ4n) is 11.5. The van der Waals surface area contributed by atoms with E-state index in [0.29, 0.717) is 61.6 Å². The van der Waals surface area contributed by atoms with Crippen molar-refractivity contribution >= 4 is 40.0 Å². The molecular formula is C65H73BrF12N8O5. The number of hydrogen-bond donors (Lipinski definition) is 0. The molecule has 4 aromatic carbocycles. The molecule has 0 aliphatic carbocycles. The summed E-state index contributed by atoms with van der Waals surface area (Å²) >= 11 is 3.28. The average molecular weight is 1350 g/mol. The summed E-state index contributed by atoms with van der Waals surface area (Å²) in [5.41, 5.74) is -5.57. The zero-order valence-electron chi connectivity index (χ0n) is 51.6. The minimum absolute atomic E-state index is 0.107. The lowest BCUT2D eigenvalue weighted by Gasteiger charge is -2.48. The third kappa shape index (κ3) is 19.8. The molecule has 4 heterocycles. The molecule has 6 aromatic rings. The van der Waals surface area contributed by atoms with Gasteiger partial charge in [0.25, 0.3) is 0 Å². The Morgan fingerprint density at radius 1 is 0.484 bits per heavy atom. The number of benzene rings is 4. The first-order chi connectivity index (χ1) is 42.4. The minimum atomic E-state index is -5.00. The van der Waals surface area contributed by atoms with Gasteiger partial charge in [-0.3, -0.25) is 0 Å². The molecule has 2 amide bonds. The number of methoxy groups -OCH3 is 1. The number of carbonyl (C=O) groups excluding carboxylic acids is 2. The van der Waals surface area contributed by atoms with E-state index in [-0.39, 0.29) is 60.3 Å². The van der Waals surface area contributed by atoms with Crippen LogP contribution in [-0.4, -0.2) is 96.5 Å². The maximum atomic E-state index is 13.8.